The number of rotatable bonds is 7. The van der Waals surface area contributed by atoms with E-state index in [2.05, 4.69) is 146 Å². The summed E-state index contributed by atoms with van der Waals surface area (Å²) in [6.07, 6.45) is 0. The van der Waals surface area contributed by atoms with Gasteiger partial charge in [0.05, 0.1) is 11.2 Å². The lowest BCUT2D eigenvalue weighted by Crippen LogP contribution is -2.00. The Morgan fingerprint density at radius 1 is 0.270 bits per heavy atom. The van der Waals surface area contributed by atoms with Crippen LogP contribution in [0.15, 0.2) is 223 Å². The van der Waals surface area contributed by atoms with Gasteiger partial charge in [-0.15, -0.1) is 0 Å². The van der Waals surface area contributed by atoms with Crippen LogP contribution in [-0.4, -0.2) is 19.9 Å². The summed E-state index contributed by atoms with van der Waals surface area (Å²) in [5, 5.41) is 5.46. The third-order valence-electron chi connectivity index (χ3n) is 12.0. The molecule has 0 saturated heterocycles. The zero-order valence-electron chi connectivity index (χ0n) is 34.0. The highest BCUT2D eigenvalue weighted by Gasteiger charge is 2.18. The lowest BCUT2D eigenvalue weighted by atomic mass is 9.96. The Labute approximate surface area is 363 Å². The van der Waals surface area contributed by atoms with Crippen molar-refractivity contribution in [2.75, 3.05) is 0 Å². The molecule has 0 saturated carbocycles. The van der Waals surface area contributed by atoms with Gasteiger partial charge in [0.1, 0.15) is 11.2 Å². The van der Waals surface area contributed by atoms with E-state index in [1.807, 2.05) is 72.8 Å². The molecule has 3 aromatic heterocycles. The van der Waals surface area contributed by atoms with Gasteiger partial charge in [-0.05, 0) is 57.6 Å². The summed E-state index contributed by atoms with van der Waals surface area (Å²) < 4.78 is 6.70. The minimum atomic E-state index is 0.642. The van der Waals surface area contributed by atoms with Crippen LogP contribution in [0.25, 0.3) is 122 Å². The van der Waals surface area contributed by atoms with E-state index < -0.39 is 0 Å². The molecule has 9 aromatic carbocycles. The monoisotopic (exact) mass is 804 g/mol. The third kappa shape index (κ3) is 6.60. The van der Waals surface area contributed by atoms with E-state index in [0.29, 0.717) is 17.5 Å². The Morgan fingerprint density at radius 2 is 0.683 bits per heavy atom. The van der Waals surface area contributed by atoms with E-state index in [-0.39, 0.29) is 0 Å². The molecular weight excluding hydrogens is 769 g/mol. The Morgan fingerprint density at radius 3 is 1.22 bits per heavy atom. The third-order valence-corrected chi connectivity index (χ3v) is 12.0. The van der Waals surface area contributed by atoms with Gasteiger partial charge in [-0.2, -0.15) is 0 Å². The summed E-state index contributed by atoms with van der Waals surface area (Å²) in [7, 11) is 0. The number of hydrogen-bond donors (Lipinski definition) is 0. The summed E-state index contributed by atoms with van der Waals surface area (Å²) in [6, 6.07) is 75.8. The van der Waals surface area contributed by atoms with Crippen LogP contribution in [0.5, 0.6) is 0 Å². The molecule has 0 bridgehead atoms. The van der Waals surface area contributed by atoms with Crippen molar-refractivity contribution in [1.82, 2.24) is 19.9 Å². The Hall–Kier alpha value is -8.54. The summed E-state index contributed by atoms with van der Waals surface area (Å²) >= 11 is 0. The maximum Gasteiger partial charge on any atom is 0.164 e. The largest absolute Gasteiger partial charge is 0.455 e. The van der Waals surface area contributed by atoms with Crippen molar-refractivity contribution in [2.24, 2.45) is 0 Å². The minimum absolute atomic E-state index is 0.642. The molecule has 12 rings (SSSR count). The van der Waals surface area contributed by atoms with Crippen LogP contribution in [0.1, 0.15) is 0 Å². The van der Waals surface area contributed by atoms with E-state index >= 15 is 0 Å². The highest BCUT2D eigenvalue weighted by molar-refractivity contribution is 6.24. The summed E-state index contributed by atoms with van der Waals surface area (Å²) in [5.41, 5.74) is 14.5. The number of aromatic nitrogens is 4. The van der Waals surface area contributed by atoms with Crippen molar-refractivity contribution in [3.63, 3.8) is 0 Å². The summed E-state index contributed by atoms with van der Waals surface area (Å²) in [6.45, 7) is 0. The van der Waals surface area contributed by atoms with Crippen LogP contribution < -0.4 is 0 Å². The Balaban J connectivity index is 0.820. The SMILES string of the molecule is c1ccc(-c2nc(-c3ccccc3)nc(-c3ccc(-c4ccc(-c5ccc(-c6ccc7oc8c(ccc9c(-c%10ccccc%10)nc%10ccccc%10c98)c7c6)cc5)cc4)cc3)n2)cc1. The Bertz CT molecular complexity index is 3570. The van der Waals surface area contributed by atoms with Crippen LogP contribution in [0.2, 0.25) is 0 Å². The molecule has 5 heteroatoms. The first-order valence-electron chi connectivity index (χ1n) is 21.1. The smallest absolute Gasteiger partial charge is 0.164 e. The van der Waals surface area contributed by atoms with Gasteiger partial charge in [-0.3, -0.25) is 0 Å². The van der Waals surface area contributed by atoms with Crippen LogP contribution in [0.3, 0.4) is 0 Å². The maximum atomic E-state index is 6.70. The van der Waals surface area contributed by atoms with E-state index in [9.17, 15) is 0 Å². The molecule has 0 fully saturated rings. The molecule has 294 valence electrons. The molecule has 0 unspecified atom stereocenters. The fourth-order valence-corrected chi connectivity index (χ4v) is 8.72. The van der Waals surface area contributed by atoms with Crippen molar-refractivity contribution in [1.29, 1.82) is 0 Å². The van der Waals surface area contributed by atoms with Crippen molar-refractivity contribution in [3.05, 3.63) is 218 Å². The van der Waals surface area contributed by atoms with E-state index in [1.165, 1.54) is 0 Å². The van der Waals surface area contributed by atoms with Crippen LogP contribution >= 0.6 is 0 Å². The van der Waals surface area contributed by atoms with Gasteiger partial charge < -0.3 is 4.42 Å². The molecular formula is C58H36N4O. The molecule has 0 radical (unpaired) electrons. The fourth-order valence-electron chi connectivity index (χ4n) is 8.72. The second-order valence-electron chi connectivity index (χ2n) is 15.8. The molecule has 0 N–H and O–H groups in total. The van der Waals surface area contributed by atoms with E-state index in [1.54, 1.807) is 0 Å². The number of furan rings is 1. The first-order valence-corrected chi connectivity index (χ1v) is 21.1. The average Bonchev–Trinajstić information content (AvgIpc) is 3.75. The predicted octanol–water partition coefficient (Wildman–Crippen LogP) is 15.1. The highest BCUT2D eigenvalue weighted by atomic mass is 16.3. The second-order valence-corrected chi connectivity index (χ2v) is 15.8. The quantitative estimate of drug-likeness (QED) is 0.150. The van der Waals surface area contributed by atoms with Gasteiger partial charge in [0.15, 0.2) is 17.5 Å². The first-order chi connectivity index (χ1) is 31.2. The van der Waals surface area contributed by atoms with E-state index in [4.69, 9.17) is 24.4 Å². The van der Waals surface area contributed by atoms with Crippen LogP contribution in [-0.2, 0) is 0 Å². The standard InChI is InChI=1S/C58H36N4O/c1-4-12-42(13-5-1)54-49-34-33-47-50-36-46(32-35-52(50)63-55(47)53(49)48-18-10-11-19-51(48)59-54)41-26-24-39(25-27-41)37-20-22-38(23-21-37)40-28-30-45(31-29-40)58-61-56(43-14-6-2-7-15-43)60-57(62-58)44-16-8-3-9-17-44/h1-36H. The lowest BCUT2D eigenvalue weighted by molar-refractivity contribution is 0.673. The van der Waals surface area contributed by atoms with Crippen molar-refractivity contribution < 1.29 is 4.42 Å². The van der Waals surface area contributed by atoms with Gasteiger partial charge in [-0.1, -0.05) is 194 Å². The van der Waals surface area contributed by atoms with Gasteiger partial charge >= 0.3 is 0 Å². The molecule has 0 amide bonds. The van der Waals surface area contributed by atoms with Gasteiger partial charge in [0.2, 0.25) is 0 Å². The van der Waals surface area contributed by atoms with Gasteiger partial charge in [0, 0.05) is 49.2 Å². The maximum absolute atomic E-state index is 6.70. The summed E-state index contributed by atoms with van der Waals surface area (Å²) in [4.78, 5) is 19.7. The average molecular weight is 805 g/mol. The molecule has 63 heavy (non-hydrogen) atoms. The topological polar surface area (TPSA) is 64.7 Å². The minimum Gasteiger partial charge on any atom is -0.455 e. The Kier molecular flexibility index (Phi) is 8.75. The molecule has 3 heterocycles. The fraction of sp³-hybridized carbons (Fsp3) is 0. The predicted molar refractivity (Wildman–Crippen MR) is 258 cm³/mol. The number of pyridine rings is 1. The lowest BCUT2D eigenvalue weighted by Gasteiger charge is -2.10. The molecule has 12 aromatic rings. The highest BCUT2D eigenvalue weighted by Crippen LogP contribution is 2.42. The van der Waals surface area contributed by atoms with Crippen molar-refractivity contribution >= 4 is 43.6 Å². The molecule has 0 spiro atoms. The number of hydrogen-bond acceptors (Lipinski definition) is 5. The van der Waals surface area contributed by atoms with Crippen LogP contribution in [0.4, 0.5) is 0 Å². The zero-order valence-corrected chi connectivity index (χ0v) is 34.0. The molecule has 5 nitrogen and oxygen atoms in total. The normalized spacial score (nSPS) is 11.5. The summed E-state index contributed by atoms with van der Waals surface area (Å²) in [5.74, 6) is 1.95. The number of benzene rings is 9. The number of para-hydroxylation sites is 1. The van der Waals surface area contributed by atoms with Gasteiger partial charge in [0.25, 0.3) is 0 Å². The number of fused-ring (bicyclic) bond motifs is 7. The molecule has 0 atom stereocenters. The molecule has 0 aliphatic carbocycles. The number of nitrogens with zero attached hydrogens (tertiary/aromatic N) is 4. The van der Waals surface area contributed by atoms with Gasteiger partial charge in [-0.25, -0.2) is 19.9 Å². The zero-order chi connectivity index (χ0) is 41.7. The molecule has 0 aliphatic rings. The first kappa shape index (κ1) is 36.3. The molecule has 0 aliphatic heterocycles. The van der Waals surface area contributed by atoms with Crippen LogP contribution in [0, 0.1) is 0 Å². The van der Waals surface area contributed by atoms with Crippen molar-refractivity contribution in [2.45, 2.75) is 0 Å². The van der Waals surface area contributed by atoms with E-state index in [0.717, 1.165) is 105 Å². The second kappa shape index (κ2) is 15.2. The van der Waals surface area contributed by atoms with Crippen molar-refractivity contribution in [3.8, 4) is 78.8 Å².